The van der Waals surface area contributed by atoms with Gasteiger partial charge in [-0.3, -0.25) is 0 Å². The molecule has 1 saturated heterocycles. The quantitative estimate of drug-likeness (QED) is 0.381. The number of aromatic nitrogens is 1. The van der Waals surface area contributed by atoms with Crippen LogP contribution in [0.5, 0.6) is 0 Å². The van der Waals surface area contributed by atoms with E-state index in [1.165, 1.54) is 0 Å². The van der Waals surface area contributed by atoms with Crippen LogP contribution in [-0.2, 0) is 4.74 Å². The molecule has 0 amide bonds. The van der Waals surface area contributed by atoms with Crippen molar-refractivity contribution < 1.29 is 9.94 Å². The highest BCUT2D eigenvalue weighted by Crippen LogP contribution is 2.24. The van der Waals surface area contributed by atoms with Gasteiger partial charge in [-0.1, -0.05) is 5.16 Å². The summed E-state index contributed by atoms with van der Waals surface area (Å²) < 4.78 is 5.53. The van der Waals surface area contributed by atoms with Gasteiger partial charge in [-0.25, -0.2) is 4.98 Å². The molecule has 0 bridgehead atoms. The van der Waals surface area contributed by atoms with Gasteiger partial charge in [0, 0.05) is 25.9 Å². The van der Waals surface area contributed by atoms with Gasteiger partial charge in [-0.2, -0.15) is 0 Å². The average Bonchev–Trinajstić information content (AvgIpc) is 2.46. The second kappa shape index (κ2) is 6.76. The number of nitrogens with zero attached hydrogens (tertiary/aromatic N) is 3. The van der Waals surface area contributed by atoms with Crippen molar-refractivity contribution in [1.29, 1.82) is 0 Å². The minimum absolute atomic E-state index is 0.0988. The summed E-state index contributed by atoms with van der Waals surface area (Å²) >= 11 is 0. The monoisotopic (exact) mass is 292 g/mol. The molecule has 2 rings (SSSR count). The summed E-state index contributed by atoms with van der Waals surface area (Å²) in [4.78, 5) is 6.66. The van der Waals surface area contributed by atoms with E-state index in [1.807, 2.05) is 27.0 Å². The molecule has 6 nitrogen and oxygen atoms in total. The topological polar surface area (TPSA) is 84.0 Å². The van der Waals surface area contributed by atoms with Crippen molar-refractivity contribution in [3.63, 3.8) is 0 Å². The highest BCUT2D eigenvalue weighted by Gasteiger charge is 2.21. The lowest BCUT2D eigenvalue weighted by Crippen LogP contribution is -2.33. The number of rotatable bonds is 4. The molecular formula is C15H24N4O2. The molecule has 21 heavy (non-hydrogen) atoms. The molecule has 0 saturated carbocycles. The second-order valence-electron chi connectivity index (χ2n) is 5.73. The van der Waals surface area contributed by atoms with Crippen molar-refractivity contribution in [3.05, 3.63) is 22.9 Å². The summed E-state index contributed by atoms with van der Waals surface area (Å²) in [6.45, 7) is 6.39. The molecule has 0 radical (unpaired) electrons. The van der Waals surface area contributed by atoms with Crippen LogP contribution < -0.4 is 10.6 Å². The predicted molar refractivity (Wildman–Crippen MR) is 83.0 cm³/mol. The summed E-state index contributed by atoms with van der Waals surface area (Å²) in [5.74, 6) is 1.35. The number of hydrogen-bond acceptors (Lipinski definition) is 5. The van der Waals surface area contributed by atoms with E-state index in [0.29, 0.717) is 11.5 Å². The van der Waals surface area contributed by atoms with Crippen molar-refractivity contribution in [2.45, 2.75) is 26.7 Å². The summed E-state index contributed by atoms with van der Waals surface area (Å²) in [7, 11) is 1.99. The van der Waals surface area contributed by atoms with E-state index in [0.717, 1.165) is 49.7 Å². The minimum Gasteiger partial charge on any atom is -0.409 e. The van der Waals surface area contributed by atoms with E-state index in [2.05, 4.69) is 15.0 Å². The van der Waals surface area contributed by atoms with Crippen LogP contribution in [0, 0.1) is 19.8 Å². The number of aryl methyl sites for hydroxylation is 2. The third kappa shape index (κ3) is 3.64. The Morgan fingerprint density at radius 3 is 2.95 bits per heavy atom. The smallest absolute Gasteiger partial charge is 0.174 e. The highest BCUT2D eigenvalue weighted by atomic mass is 16.5. The molecule has 116 valence electrons. The third-order valence-electron chi connectivity index (χ3n) is 3.84. The van der Waals surface area contributed by atoms with E-state index < -0.39 is 0 Å². The van der Waals surface area contributed by atoms with E-state index in [-0.39, 0.29) is 5.84 Å². The first-order chi connectivity index (χ1) is 10.0. The van der Waals surface area contributed by atoms with E-state index in [1.54, 1.807) is 0 Å². The predicted octanol–water partition coefficient (Wildman–Crippen LogP) is 1.66. The van der Waals surface area contributed by atoms with Gasteiger partial charge in [-0.05, 0) is 44.2 Å². The molecule has 1 fully saturated rings. The second-order valence-corrected chi connectivity index (χ2v) is 5.73. The first-order valence-electron chi connectivity index (χ1n) is 7.28. The van der Waals surface area contributed by atoms with Crippen LogP contribution in [0.15, 0.2) is 11.2 Å². The Balaban J connectivity index is 2.28. The Morgan fingerprint density at radius 2 is 2.33 bits per heavy atom. The maximum atomic E-state index is 9.01. The molecule has 1 aliphatic heterocycles. The zero-order chi connectivity index (χ0) is 15.4. The molecule has 0 aliphatic carbocycles. The Bertz CT molecular complexity index is 525. The van der Waals surface area contributed by atoms with Crippen LogP contribution in [-0.4, -0.2) is 42.8 Å². The number of amidine groups is 1. The molecule has 0 spiro atoms. The lowest BCUT2D eigenvalue weighted by atomic mass is 10.0. The Kier molecular flexibility index (Phi) is 5.01. The Morgan fingerprint density at radius 1 is 1.57 bits per heavy atom. The molecule has 0 aromatic carbocycles. The van der Waals surface area contributed by atoms with Gasteiger partial charge in [0.1, 0.15) is 5.82 Å². The Labute approximate surface area is 125 Å². The first-order valence-corrected chi connectivity index (χ1v) is 7.28. The highest BCUT2D eigenvalue weighted by molar-refractivity contribution is 6.02. The van der Waals surface area contributed by atoms with Crippen LogP contribution in [0.25, 0.3) is 0 Å². The van der Waals surface area contributed by atoms with Gasteiger partial charge < -0.3 is 20.6 Å². The van der Waals surface area contributed by atoms with Crippen molar-refractivity contribution in [2.75, 3.05) is 31.7 Å². The van der Waals surface area contributed by atoms with Crippen molar-refractivity contribution >= 4 is 11.7 Å². The normalized spacial score (nSPS) is 19.6. The molecule has 1 atom stereocenters. The zero-order valence-corrected chi connectivity index (χ0v) is 13.0. The number of hydrogen-bond donors (Lipinski definition) is 2. The number of pyridine rings is 1. The SMILES string of the molecule is Cc1cc(C)c(C(N)=NO)c(N(C)CC2CCCOC2)n1. The van der Waals surface area contributed by atoms with Crippen LogP contribution in [0.2, 0.25) is 0 Å². The molecule has 6 heteroatoms. The van der Waals surface area contributed by atoms with Gasteiger partial charge in [0.2, 0.25) is 0 Å². The molecule has 1 aromatic heterocycles. The molecule has 1 aliphatic rings. The fraction of sp³-hybridized carbons (Fsp3) is 0.600. The first kappa shape index (κ1) is 15.6. The van der Waals surface area contributed by atoms with Gasteiger partial charge in [0.25, 0.3) is 0 Å². The summed E-state index contributed by atoms with van der Waals surface area (Å²) in [5.41, 5.74) is 8.40. The minimum atomic E-state index is 0.0988. The average molecular weight is 292 g/mol. The third-order valence-corrected chi connectivity index (χ3v) is 3.84. The number of nitrogens with two attached hydrogens (primary N) is 1. The van der Waals surface area contributed by atoms with Gasteiger partial charge in [0.05, 0.1) is 12.2 Å². The van der Waals surface area contributed by atoms with Crippen LogP contribution in [0.1, 0.15) is 29.7 Å². The molecule has 2 heterocycles. The lowest BCUT2D eigenvalue weighted by molar-refractivity contribution is 0.0576. The van der Waals surface area contributed by atoms with E-state index in [4.69, 9.17) is 15.7 Å². The lowest BCUT2D eigenvalue weighted by Gasteiger charge is -2.29. The maximum Gasteiger partial charge on any atom is 0.174 e. The Hall–Kier alpha value is -1.82. The molecule has 1 aromatic rings. The summed E-state index contributed by atoms with van der Waals surface area (Å²) in [5, 5.41) is 12.1. The van der Waals surface area contributed by atoms with Gasteiger partial charge in [0.15, 0.2) is 5.84 Å². The van der Waals surface area contributed by atoms with Gasteiger partial charge in [-0.15, -0.1) is 0 Å². The largest absolute Gasteiger partial charge is 0.409 e. The van der Waals surface area contributed by atoms with Crippen LogP contribution >= 0.6 is 0 Å². The fourth-order valence-corrected chi connectivity index (χ4v) is 2.89. The van der Waals surface area contributed by atoms with Crippen molar-refractivity contribution in [2.24, 2.45) is 16.8 Å². The van der Waals surface area contributed by atoms with E-state index >= 15 is 0 Å². The van der Waals surface area contributed by atoms with Gasteiger partial charge >= 0.3 is 0 Å². The van der Waals surface area contributed by atoms with Crippen molar-refractivity contribution in [3.8, 4) is 0 Å². The van der Waals surface area contributed by atoms with Crippen LogP contribution in [0.3, 0.4) is 0 Å². The summed E-state index contributed by atoms with van der Waals surface area (Å²) in [6.07, 6.45) is 2.26. The number of oxime groups is 1. The number of ether oxygens (including phenoxy) is 1. The zero-order valence-electron chi connectivity index (χ0n) is 13.0. The summed E-state index contributed by atoms with van der Waals surface area (Å²) in [6, 6.07) is 1.94. The molecular weight excluding hydrogens is 268 g/mol. The number of anilines is 1. The van der Waals surface area contributed by atoms with E-state index in [9.17, 15) is 0 Å². The molecule has 1 unspecified atom stereocenters. The van der Waals surface area contributed by atoms with Crippen molar-refractivity contribution in [1.82, 2.24) is 4.98 Å². The maximum absolute atomic E-state index is 9.01. The standard InChI is InChI=1S/C15H24N4O2/c1-10-7-11(2)17-15(13(10)14(16)18-20)19(3)8-12-5-4-6-21-9-12/h7,12,20H,4-6,8-9H2,1-3H3,(H2,16,18). The van der Waals surface area contributed by atoms with Crippen LogP contribution in [0.4, 0.5) is 5.82 Å². The molecule has 3 N–H and O–H groups in total. The fourth-order valence-electron chi connectivity index (χ4n) is 2.89.